The van der Waals surface area contributed by atoms with E-state index in [1.54, 1.807) is 4.31 Å². The van der Waals surface area contributed by atoms with E-state index < -0.39 is 15.4 Å². The normalized spacial score (nSPS) is 23.8. The molecule has 3 aliphatic rings. The van der Waals surface area contributed by atoms with Crippen LogP contribution in [0, 0.1) is 23.7 Å². The van der Waals surface area contributed by atoms with Crippen LogP contribution in [0.25, 0.3) is 16.7 Å². The average molecular weight is 599 g/mol. The number of aromatic nitrogens is 4. The fraction of sp³-hybridized carbons (Fsp3) is 0.455. The number of hydrogen-bond acceptors (Lipinski definition) is 7. The van der Waals surface area contributed by atoms with Gasteiger partial charge < -0.3 is 4.90 Å². The molecule has 0 spiro atoms. The fourth-order valence-corrected chi connectivity index (χ4v) is 9.93. The Morgan fingerprint density at radius 2 is 1.60 bits per heavy atom. The quantitative estimate of drug-likeness (QED) is 0.307. The number of hydrogen-bond donors (Lipinski definition) is 0. The van der Waals surface area contributed by atoms with Crippen LogP contribution >= 0.6 is 0 Å². The zero-order valence-electron chi connectivity index (χ0n) is 25.0. The van der Waals surface area contributed by atoms with Crippen molar-refractivity contribution >= 4 is 32.7 Å². The molecule has 224 valence electrons. The van der Waals surface area contributed by atoms with Gasteiger partial charge >= 0.3 is 0 Å². The van der Waals surface area contributed by atoms with Crippen LogP contribution in [-0.4, -0.2) is 70.2 Å². The van der Waals surface area contributed by atoms with Gasteiger partial charge in [-0.3, -0.25) is 4.79 Å². The number of anilines is 1. The molecule has 4 aromatic rings. The summed E-state index contributed by atoms with van der Waals surface area (Å²) in [7, 11) is -3.62. The molecule has 0 amide bonds. The summed E-state index contributed by atoms with van der Waals surface area (Å²) in [5, 5.41) is 5.75. The molecule has 1 aliphatic heterocycles. The Morgan fingerprint density at radius 1 is 0.930 bits per heavy atom. The highest BCUT2D eigenvalue weighted by Crippen LogP contribution is 2.64. The molecule has 9 nitrogen and oxygen atoms in total. The number of carbonyl (C=O) groups is 1. The summed E-state index contributed by atoms with van der Waals surface area (Å²) in [5.41, 5.74) is 2.56. The minimum absolute atomic E-state index is 0.0791. The van der Waals surface area contributed by atoms with Crippen LogP contribution in [0.4, 0.5) is 5.82 Å². The molecule has 3 fully saturated rings. The number of sulfonamides is 1. The lowest BCUT2D eigenvalue weighted by molar-refractivity contribution is -0.128. The van der Waals surface area contributed by atoms with Crippen LogP contribution in [0.15, 0.2) is 60.7 Å². The lowest BCUT2D eigenvalue weighted by Gasteiger charge is -2.40. The van der Waals surface area contributed by atoms with Gasteiger partial charge in [-0.1, -0.05) is 62.4 Å². The van der Waals surface area contributed by atoms with Crippen molar-refractivity contribution in [3.8, 4) is 5.69 Å². The van der Waals surface area contributed by atoms with Gasteiger partial charge in [0.05, 0.1) is 22.5 Å². The van der Waals surface area contributed by atoms with E-state index in [9.17, 15) is 13.2 Å². The number of piperazine rings is 1. The number of aryl methyl sites for hydroxylation is 1. The Bertz CT molecular complexity index is 1800. The van der Waals surface area contributed by atoms with Crippen LogP contribution in [0.5, 0.6) is 0 Å². The Balaban J connectivity index is 1.20. The maximum Gasteiger partial charge on any atom is 0.215 e. The molecule has 1 saturated heterocycles. The van der Waals surface area contributed by atoms with Gasteiger partial charge in [-0.2, -0.15) is 9.40 Å². The van der Waals surface area contributed by atoms with Crippen molar-refractivity contribution in [2.24, 2.45) is 16.7 Å². The molecule has 43 heavy (non-hydrogen) atoms. The number of nitrogens with zero attached hydrogens (tertiary/aromatic N) is 6. The monoisotopic (exact) mass is 598 g/mol. The second kappa shape index (κ2) is 10.2. The van der Waals surface area contributed by atoms with Gasteiger partial charge in [0.2, 0.25) is 10.0 Å². The van der Waals surface area contributed by atoms with Crippen LogP contribution in [-0.2, 0) is 21.2 Å². The maximum absolute atomic E-state index is 13.8. The largest absolute Gasteiger partial charge is 0.353 e. The van der Waals surface area contributed by atoms with Crippen LogP contribution in [0.3, 0.4) is 0 Å². The van der Waals surface area contributed by atoms with Gasteiger partial charge in [0, 0.05) is 44.4 Å². The molecule has 2 aromatic carbocycles. The van der Waals surface area contributed by atoms with Crippen molar-refractivity contribution in [3.63, 3.8) is 0 Å². The maximum atomic E-state index is 13.8. The molecule has 2 saturated carbocycles. The van der Waals surface area contributed by atoms with Crippen molar-refractivity contribution in [3.05, 3.63) is 77.7 Å². The average Bonchev–Trinajstić information content (AvgIpc) is 3.52. The van der Waals surface area contributed by atoms with E-state index in [1.807, 2.05) is 60.1 Å². The Kier molecular flexibility index (Phi) is 6.70. The summed E-state index contributed by atoms with van der Waals surface area (Å²) < 4.78 is 31.1. The van der Waals surface area contributed by atoms with Crippen molar-refractivity contribution < 1.29 is 13.2 Å². The van der Waals surface area contributed by atoms with Crippen LogP contribution < -0.4 is 4.90 Å². The highest BCUT2D eigenvalue weighted by atomic mass is 32.2. The molecular formula is C33H38N6O3S. The zero-order valence-corrected chi connectivity index (χ0v) is 25.8. The van der Waals surface area contributed by atoms with E-state index in [2.05, 4.69) is 30.9 Å². The van der Waals surface area contributed by atoms with Crippen LogP contribution in [0.1, 0.15) is 50.2 Å². The molecule has 10 heteroatoms. The summed E-state index contributed by atoms with van der Waals surface area (Å²) in [6.07, 6.45) is 2.70. The molecular weight excluding hydrogens is 560 g/mol. The smallest absolute Gasteiger partial charge is 0.215 e. The lowest BCUT2D eigenvalue weighted by Crippen LogP contribution is -2.53. The number of fused-ring (bicyclic) bond motifs is 3. The number of rotatable bonds is 7. The predicted molar refractivity (Wildman–Crippen MR) is 167 cm³/mol. The fourth-order valence-electron chi connectivity index (χ4n) is 7.73. The van der Waals surface area contributed by atoms with E-state index in [0.29, 0.717) is 51.3 Å². The van der Waals surface area contributed by atoms with Gasteiger partial charge in [0.1, 0.15) is 17.4 Å². The van der Waals surface area contributed by atoms with E-state index in [1.165, 1.54) is 0 Å². The van der Waals surface area contributed by atoms with E-state index in [0.717, 1.165) is 40.2 Å². The summed E-state index contributed by atoms with van der Waals surface area (Å²) in [6, 6.07) is 20.1. The molecule has 2 aromatic heterocycles. The van der Waals surface area contributed by atoms with E-state index in [-0.39, 0.29) is 22.9 Å². The standard InChI is InChI=1S/C33H38N6O3S/c1-23-29-30(34-28(20-24-10-6-4-7-11-24)35-31(29)39(36-23)26-12-8-5-9-13-26)37-16-18-38(19-17-37)43(41,42)22-33-15-14-25(21-27(33)40)32(33,2)3/h4-13,25H,14-22H2,1-3H3/t25?,33-/m1/s1. The molecule has 7 rings (SSSR count). The Hall–Kier alpha value is -3.63. The van der Waals surface area contributed by atoms with Gasteiger partial charge in [-0.15, -0.1) is 0 Å². The van der Waals surface area contributed by atoms with Crippen LogP contribution in [0.2, 0.25) is 0 Å². The third-order valence-electron chi connectivity index (χ3n) is 10.4. The van der Waals surface area contributed by atoms with Gasteiger partial charge in [0.25, 0.3) is 0 Å². The first kappa shape index (κ1) is 28.2. The minimum atomic E-state index is -3.62. The first-order valence-corrected chi connectivity index (χ1v) is 16.8. The molecule has 2 bridgehead atoms. The highest BCUT2D eigenvalue weighted by molar-refractivity contribution is 7.89. The zero-order chi connectivity index (χ0) is 30.0. The third-order valence-corrected chi connectivity index (χ3v) is 12.4. The number of Topliss-reactive ketones (excluding diaryl/α,β-unsaturated/α-hetero) is 1. The second-order valence-electron chi connectivity index (χ2n) is 13.0. The molecule has 0 N–H and O–H groups in total. The van der Waals surface area contributed by atoms with E-state index in [4.69, 9.17) is 15.1 Å². The molecule has 0 radical (unpaired) electrons. The van der Waals surface area contributed by atoms with Crippen molar-refractivity contribution in [1.29, 1.82) is 0 Å². The highest BCUT2D eigenvalue weighted by Gasteiger charge is 2.65. The lowest BCUT2D eigenvalue weighted by atomic mass is 9.70. The summed E-state index contributed by atoms with van der Waals surface area (Å²) in [5.74, 6) is 1.83. The van der Waals surface area contributed by atoms with E-state index >= 15 is 0 Å². The Morgan fingerprint density at radius 3 is 2.23 bits per heavy atom. The molecule has 2 atom stereocenters. The SMILES string of the molecule is Cc1nn(-c2ccccc2)c2nc(Cc3ccccc3)nc(N3CCN(S(=O)(=O)C[C@]45CCC(CC4=O)C5(C)C)CC3)c12. The summed E-state index contributed by atoms with van der Waals surface area (Å²) in [6.45, 7) is 7.85. The molecule has 2 aliphatic carbocycles. The predicted octanol–water partition coefficient (Wildman–Crippen LogP) is 4.56. The summed E-state index contributed by atoms with van der Waals surface area (Å²) >= 11 is 0. The first-order valence-electron chi connectivity index (χ1n) is 15.2. The van der Waals surface area contributed by atoms with Gasteiger partial charge in [0.15, 0.2) is 5.65 Å². The van der Waals surface area contributed by atoms with Crippen molar-refractivity contribution in [2.75, 3.05) is 36.8 Å². The first-order chi connectivity index (χ1) is 20.6. The third kappa shape index (κ3) is 4.57. The van der Waals surface area contributed by atoms with Gasteiger partial charge in [-0.25, -0.2) is 23.1 Å². The number of carbonyl (C=O) groups excluding carboxylic acids is 1. The minimum Gasteiger partial charge on any atom is -0.353 e. The van der Waals surface area contributed by atoms with Crippen molar-refractivity contribution in [1.82, 2.24) is 24.1 Å². The number of para-hydroxylation sites is 1. The molecule has 3 heterocycles. The van der Waals surface area contributed by atoms with Gasteiger partial charge in [-0.05, 0) is 48.8 Å². The number of benzene rings is 2. The number of ketones is 1. The molecule has 1 unspecified atom stereocenters. The summed E-state index contributed by atoms with van der Waals surface area (Å²) in [4.78, 5) is 25.3. The second-order valence-corrected chi connectivity index (χ2v) is 14.9. The topological polar surface area (TPSA) is 101 Å². The Labute approximate surface area is 253 Å². The van der Waals surface area contributed by atoms with Crippen molar-refractivity contribution in [2.45, 2.75) is 46.5 Å².